The molecule has 2 N–H and O–H groups in total. The van der Waals surface area contributed by atoms with Crippen LogP contribution in [0.3, 0.4) is 0 Å². The van der Waals surface area contributed by atoms with Gasteiger partial charge in [0.1, 0.15) is 11.5 Å². The number of aromatic carboxylic acids is 1. The summed E-state index contributed by atoms with van der Waals surface area (Å²) in [5.74, 6) is -2.11. The van der Waals surface area contributed by atoms with Gasteiger partial charge in [0.2, 0.25) is 0 Å². The fourth-order valence-corrected chi connectivity index (χ4v) is 3.37. The van der Waals surface area contributed by atoms with Gasteiger partial charge < -0.3 is 19.7 Å². The van der Waals surface area contributed by atoms with Crippen molar-refractivity contribution in [1.82, 2.24) is 0 Å². The summed E-state index contributed by atoms with van der Waals surface area (Å²) in [6.45, 7) is 0. The lowest BCUT2D eigenvalue weighted by Gasteiger charge is -2.22. The molecule has 7 heteroatoms. The molecule has 0 saturated carbocycles. The number of benzene rings is 2. The number of hydrogen-bond donors (Lipinski definition) is 2. The smallest absolute Gasteiger partial charge is 0.336 e. The van der Waals surface area contributed by atoms with Crippen molar-refractivity contribution in [2.45, 2.75) is 12.8 Å². The van der Waals surface area contributed by atoms with Crippen LogP contribution in [0.25, 0.3) is 6.08 Å². The Morgan fingerprint density at radius 2 is 1.57 bits per heavy atom. The number of carboxylic acids is 2. The zero-order chi connectivity index (χ0) is 20.4. The summed E-state index contributed by atoms with van der Waals surface area (Å²) in [5, 5.41) is 18.7. The number of ketones is 1. The highest BCUT2D eigenvalue weighted by Crippen LogP contribution is 2.41. The van der Waals surface area contributed by atoms with E-state index in [-0.39, 0.29) is 28.7 Å². The van der Waals surface area contributed by atoms with E-state index < -0.39 is 17.7 Å². The normalized spacial score (nSPS) is 12.6. The standard InChI is InChI=1S/C21H18O7/c1-27-17-10-16(18(22)12-5-3-4-6-14(12)21(25)26)19(28-2)13-8-7-11(20(23)24)9-15(13)17/h3-6,9-10H,7-8H2,1-2H3,(H,23,24)(H,25,26). The minimum atomic E-state index is -1.21. The van der Waals surface area contributed by atoms with Crippen molar-refractivity contribution in [2.24, 2.45) is 0 Å². The molecule has 0 radical (unpaired) electrons. The first kappa shape index (κ1) is 19.2. The lowest BCUT2D eigenvalue weighted by molar-refractivity contribution is -0.132. The van der Waals surface area contributed by atoms with Crippen molar-refractivity contribution < 1.29 is 34.1 Å². The van der Waals surface area contributed by atoms with Crippen LogP contribution in [0.2, 0.25) is 0 Å². The van der Waals surface area contributed by atoms with Crippen LogP contribution in [0.4, 0.5) is 0 Å². The van der Waals surface area contributed by atoms with Crippen molar-refractivity contribution >= 4 is 23.8 Å². The van der Waals surface area contributed by atoms with E-state index in [1.807, 2.05) is 0 Å². The minimum Gasteiger partial charge on any atom is -0.496 e. The maximum Gasteiger partial charge on any atom is 0.336 e. The summed E-state index contributed by atoms with van der Waals surface area (Å²) in [7, 11) is 2.84. The molecule has 144 valence electrons. The Morgan fingerprint density at radius 3 is 2.14 bits per heavy atom. The molecule has 0 bridgehead atoms. The third-order valence-corrected chi connectivity index (χ3v) is 4.69. The molecule has 0 heterocycles. The first-order valence-electron chi connectivity index (χ1n) is 8.47. The summed E-state index contributed by atoms with van der Waals surface area (Å²) in [4.78, 5) is 36.0. The molecule has 3 rings (SSSR count). The summed E-state index contributed by atoms with van der Waals surface area (Å²) < 4.78 is 10.9. The molecule has 1 aliphatic rings. The van der Waals surface area contributed by atoms with E-state index in [4.69, 9.17) is 9.47 Å². The van der Waals surface area contributed by atoms with E-state index in [2.05, 4.69) is 0 Å². The van der Waals surface area contributed by atoms with Gasteiger partial charge in [-0.3, -0.25) is 4.79 Å². The predicted octanol–water partition coefficient (Wildman–Crippen LogP) is 3.05. The number of carbonyl (C=O) groups excluding carboxylic acids is 1. The van der Waals surface area contributed by atoms with Gasteiger partial charge in [-0.1, -0.05) is 18.2 Å². The number of carboxylic acid groups (broad SMARTS) is 2. The topological polar surface area (TPSA) is 110 Å². The van der Waals surface area contributed by atoms with Crippen LogP contribution in [-0.2, 0) is 11.2 Å². The maximum absolute atomic E-state index is 13.2. The van der Waals surface area contributed by atoms with Gasteiger partial charge >= 0.3 is 11.9 Å². The SMILES string of the molecule is COc1cc(C(=O)c2ccccc2C(=O)O)c(OC)c2c1C=C(C(=O)O)CC2. The number of ether oxygens (including phenoxy) is 2. The zero-order valence-corrected chi connectivity index (χ0v) is 15.3. The van der Waals surface area contributed by atoms with Crippen LogP contribution in [0, 0.1) is 0 Å². The van der Waals surface area contributed by atoms with Gasteiger partial charge in [0, 0.05) is 22.3 Å². The van der Waals surface area contributed by atoms with Crippen LogP contribution >= 0.6 is 0 Å². The highest BCUT2D eigenvalue weighted by molar-refractivity contribution is 6.16. The molecule has 1 aliphatic carbocycles. The molecule has 0 unspecified atom stereocenters. The number of aliphatic carboxylic acids is 1. The molecule has 28 heavy (non-hydrogen) atoms. The Hall–Kier alpha value is -3.61. The van der Waals surface area contributed by atoms with Crippen LogP contribution in [-0.4, -0.2) is 42.2 Å². The van der Waals surface area contributed by atoms with E-state index in [1.165, 1.54) is 38.5 Å². The average molecular weight is 382 g/mol. The van der Waals surface area contributed by atoms with Gasteiger partial charge in [-0.05, 0) is 31.1 Å². The highest BCUT2D eigenvalue weighted by atomic mass is 16.5. The largest absolute Gasteiger partial charge is 0.496 e. The van der Waals surface area contributed by atoms with E-state index in [0.717, 1.165) is 0 Å². The summed E-state index contributed by atoms with van der Waals surface area (Å²) in [6.07, 6.45) is 2.15. The third kappa shape index (κ3) is 3.22. The number of fused-ring (bicyclic) bond motifs is 1. The van der Waals surface area contributed by atoms with Gasteiger partial charge in [0.25, 0.3) is 0 Å². The number of methoxy groups -OCH3 is 2. The summed E-state index contributed by atoms with van der Waals surface area (Å²) in [5.41, 5.74) is 1.53. The molecular weight excluding hydrogens is 364 g/mol. The lowest BCUT2D eigenvalue weighted by atomic mass is 9.87. The van der Waals surface area contributed by atoms with Crippen LogP contribution in [0.1, 0.15) is 43.8 Å². The Bertz CT molecular complexity index is 1020. The van der Waals surface area contributed by atoms with E-state index in [9.17, 15) is 24.6 Å². The van der Waals surface area contributed by atoms with Gasteiger partial charge in [0.15, 0.2) is 5.78 Å². The Morgan fingerprint density at radius 1 is 0.893 bits per heavy atom. The van der Waals surface area contributed by atoms with Crippen LogP contribution in [0.5, 0.6) is 11.5 Å². The maximum atomic E-state index is 13.2. The van der Waals surface area contributed by atoms with E-state index >= 15 is 0 Å². The molecule has 0 fully saturated rings. The van der Waals surface area contributed by atoms with Crippen LogP contribution in [0.15, 0.2) is 35.9 Å². The average Bonchev–Trinajstić information content (AvgIpc) is 2.71. The third-order valence-electron chi connectivity index (χ3n) is 4.69. The zero-order valence-electron chi connectivity index (χ0n) is 15.3. The minimum absolute atomic E-state index is 0.0351. The summed E-state index contributed by atoms with van der Waals surface area (Å²) >= 11 is 0. The quantitative estimate of drug-likeness (QED) is 0.739. The lowest BCUT2D eigenvalue weighted by Crippen LogP contribution is -2.15. The summed E-state index contributed by atoms with van der Waals surface area (Å²) in [6, 6.07) is 7.39. The molecule has 2 aromatic carbocycles. The molecular formula is C21H18O7. The monoisotopic (exact) mass is 382 g/mol. The van der Waals surface area contributed by atoms with Crippen molar-refractivity contribution in [3.63, 3.8) is 0 Å². The Balaban J connectivity index is 2.23. The second-order valence-electron chi connectivity index (χ2n) is 6.21. The molecule has 0 spiro atoms. The first-order chi connectivity index (χ1) is 13.4. The fraction of sp³-hybridized carbons (Fsp3) is 0.190. The molecule has 0 aromatic heterocycles. The number of hydrogen-bond acceptors (Lipinski definition) is 5. The van der Waals surface area contributed by atoms with Crippen LogP contribution < -0.4 is 9.47 Å². The highest BCUT2D eigenvalue weighted by Gasteiger charge is 2.28. The molecule has 0 amide bonds. The molecule has 0 aliphatic heterocycles. The van der Waals surface area contributed by atoms with Crippen molar-refractivity contribution in [2.75, 3.05) is 14.2 Å². The van der Waals surface area contributed by atoms with Crippen molar-refractivity contribution in [3.05, 3.63) is 63.7 Å². The van der Waals surface area contributed by atoms with E-state index in [1.54, 1.807) is 12.1 Å². The molecule has 7 nitrogen and oxygen atoms in total. The number of rotatable bonds is 6. The predicted molar refractivity (Wildman–Crippen MR) is 100 cm³/mol. The Kier molecular flexibility index (Phi) is 5.17. The molecule has 0 saturated heterocycles. The van der Waals surface area contributed by atoms with Gasteiger partial charge in [-0.15, -0.1) is 0 Å². The Labute approximate surface area is 160 Å². The molecule has 0 atom stereocenters. The van der Waals surface area contributed by atoms with Gasteiger partial charge in [-0.2, -0.15) is 0 Å². The van der Waals surface area contributed by atoms with Crippen molar-refractivity contribution in [3.8, 4) is 11.5 Å². The first-order valence-corrected chi connectivity index (χ1v) is 8.47. The van der Waals surface area contributed by atoms with E-state index in [0.29, 0.717) is 29.0 Å². The van der Waals surface area contributed by atoms with Crippen molar-refractivity contribution in [1.29, 1.82) is 0 Å². The van der Waals surface area contributed by atoms with Gasteiger partial charge in [-0.25, -0.2) is 9.59 Å². The fourth-order valence-electron chi connectivity index (χ4n) is 3.37. The second-order valence-corrected chi connectivity index (χ2v) is 6.21. The second kappa shape index (κ2) is 7.56. The van der Waals surface area contributed by atoms with Gasteiger partial charge in [0.05, 0.1) is 25.3 Å². The number of carbonyl (C=O) groups is 3. The molecule has 2 aromatic rings.